The van der Waals surface area contributed by atoms with Gasteiger partial charge in [-0.15, -0.1) is 0 Å². The van der Waals surface area contributed by atoms with Crippen molar-refractivity contribution in [2.45, 2.75) is 52.4 Å². The lowest BCUT2D eigenvalue weighted by atomic mass is 9.84. The molecule has 1 aromatic rings. The SMILES string of the molecule is CC(C)CC(=O)Nc1ccc(C(=O)CN2C(=O)CC3(CCCC3)C2=O)cc1. The van der Waals surface area contributed by atoms with E-state index in [1.807, 2.05) is 13.8 Å². The Morgan fingerprint density at radius 3 is 2.33 bits per heavy atom. The molecule has 1 heterocycles. The van der Waals surface area contributed by atoms with E-state index in [4.69, 9.17) is 0 Å². The van der Waals surface area contributed by atoms with Gasteiger partial charge in [-0.2, -0.15) is 0 Å². The van der Waals surface area contributed by atoms with Crippen molar-refractivity contribution in [2.24, 2.45) is 11.3 Å². The zero-order valence-corrected chi connectivity index (χ0v) is 15.9. The number of nitrogens with zero attached hydrogens (tertiary/aromatic N) is 1. The van der Waals surface area contributed by atoms with Crippen LogP contribution in [0.1, 0.15) is 62.7 Å². The predicted octanol–water partition coefficient (Wildman–Crippen LogP) is 3.17. The highest BCUT2D eigenvalue weighted by molar-refractivity contribution is 6.10. The molecule has 1 N–H and O–H groups in total. The molecule has 1 aliphatic heterocycles. The molecule has 0 radical (unpaired) electrons. The minimum atomic E-state index is -0.554. The normalized spacial score (nSPS) is 18.6. The summed E-state index contributed by atoms with van der Waals surface area (Å²) in [5.41, 5.74) is 0.488. The topological polar surface area (TPSA) is 83.6 Å². The van der Waals surface area contributed by atoms with Gasteiger partial charge in [-0.05, 0) is 43.0 Å². The molecule has 27 heavy (non-hydrogen) atoms. The molecule has 144 valence electrons. The molecule has 1 aromatic carbocycles. The molecular weight excluding hydrogens is 344 g/mol. The van der Waals surface area contributed by atoms with Crippen LogP contribution >= 0.6 is 0 Å². The fourth-order valence-electron chi connectivity index (χ4n) is 4.02. The number of hydrogen-bond donors (Lipinski definition) is 1. The van der Waals surface area contributed by atoms with Crippen LogP contribution in [0, 0.1) is 11.3 Å². The van der Waals surface area contributed by atoms with E-state index in [1.165, 1.54) is 0 Å². The van der Waals surface area contributed by atoms with Crippen molar-refractivity contribution in [3.05, 3.63) is 29.8 Å². The number of nitrogens with one attached hydrogen (secondary N) is 1. The molecule has 2 fully saturated rings. The predicted molar refractivity (Wildman–Crippen MR) is 101 cm³/mol. The first-order valence-electron chi connectivity index (χ1n) is 9.59. The number of imide groups is 1. The zero-order valence-electron chi connectivity index (χ0n) is 15.9. The number of carbonyl (C=O) groups is 4. The monoisotopic (exact) mass is 370 g/mol. The molecule has 1 saturated carbocycles. The third-order valence-corrected chi connectivity index (χ3v) is 5.44. The number of Topliss-reactive ketones (excluding diaryl/α,β-unsaturated/α-hetero) is 1. The van der Waals surface area contributed by atoms with Gasteiger partial charge in [0.05, 0.1) is 12.0 Å². The van der Waals surface area contributed by atoms with Crippen LogP contribution in [0.25, 0.3) is 0 Å². The van der Waals surface area contributed by atoms with Crippen LogP contribution in [0.3, 0.4) is 0 Å². The summed E-state index contributed by atoms with van der Waals surface area (Å²) in [6.45, 7) is 3.73. The third kappa shape index (κ3) is 4.10. The Hall–Kier alpha value is -2.50. The van der Waals surface area contributed by atoms with Gasteiger partial charge in [-0.3, -0.25) is 24.1 Å². The molecule has 2 aliphatic rings. The molecule has 0 atom stereocenters. The molecule has 6 heteroatoms. The molecular formula is C21H26N2O4. The van der Waals surface area contributed by atoms with E-state index in [1.54, 1.807) is 24.3 Å². The van der Waals surface area contributed by atoms with E-state index < -0.39 is 5.41 Å². The van der Waals surface area contributed by atoms with Gasteiger partial charge in [0.2, 0.25) is 17.7 Å². The van der Waals surface area contributed by atoms with Gasteiger partial charge in [0, 0.05) is 24.1 Å². The zero-order chi connectivity index (χ0) is 19.6. The second kappa shape index (κ2) is 7.62. The third-order valence-electron chi connectivity index (χ3n) is 5.44. The summed E-state index contributed by atoms with van der Waals surface area (Å²) in [5.74, 6) is -0.501. The second-order valence-corrected chi connectivity index (χ2v) is 8.10. The number of anilines is 1. The number of carbonyl (C=O) groups excluding carboxylic acids is 4. The summed E-state index contributed by atoms with van der Waals surface area (Å²) < 4.78 is 0. The maximum atomic E-state index is 12.7. The van der Waals surface area contributed by atoms with E-state index in [0.29, 0.717) is 17.7 Å². The molecule has 3 amide bonds. The van der Waals surface area contributed by atoms with Crippen molar-refractivity contribution in [3.63, 3.8) is 0 Å². The average Bonchev–Trinajstić information content (AvgIpc) is 3.16. The summed E-state index contributed by atoms with van der Waals surface area (Å²) in [4.78, 5) is 50.4. The van der Waals surface area contributed by atoms with Crippen molar-refractivity contribution in [1.29, 1.82) is 0 Å². The number of rotatable bonds is 6. The molecule has 6 nitrogen and oxygen atoms in total. The van der Waals surface area contributed by atoms with Crippen LogP contribution in [0.15, 0.2) is 24.3 Å². The van der Waals surface area contributed by atoms with Gasteiger partial charge in [-0.1, -0.05) is 26.7 Å². The fraction of sp³-hybridized carbons (Fsp3) is 0.524. The maximum absolute atomic E-state index is 12.7. The lowest BCUT2D eigenvalue weighted by Gasteiger charge is -2.20. The average molecular weight is 370 g/mol. The number of hydrogen-bond acceptors (Lipinski definition) is 4. The Labute approximate surface area is 159 Å². The fourth-order valence-corrected chi connectivity index (χ4v) is 4.02. The van der Waals surface area contributed by atoms with E-state index in [0.717, 1.165) is 30.6 Å². The highest BCUT2D eigenvalue weighted by Gasteiger charge is 2.52. The van der Waals surface area contributed by atoms with E-state index >= 15 is 0 Å². The second-order valence-electron chi connectivity index (χ2n) is 8.10. The van der Waals surface area contributed by atoms with Crippen LogP contribution in [-0.4, -0.2) is 34.9 Å². The number of benzene rings is 1. The number of likely N-dealkylation sites (tertiary alicyclic amines) is 1. The van der Waals surface area contributed by atoms with Crippen LogP contribution in [0.5, 0.6) is 0 Å². The van der Waals surface area contributed by atoms with Crippen molar-refractivity contribution >= 4 is 29.2 Å². The van der Waals surface area contributed by atoms with Gasteiger partial charge < -0.3 is 5.32 Å². The van der Waals surface area contributed by atoms with Crippen LogP contribution in [0.4, 0.5) is 5.69 Å². The van der Waals surface area contributed by atoms with Crippen molar-refractivity contribution in [2.75, 3.05) is 11.9 Å². The smallest absolute Gasteiger partial charge is 0.236 e. The van der Waals surface area contributed by atoms with E-state index in [2.05, 4.69) is 5.32 Å². The van der Waals surface area contributed by atoms with Crippen molar-refractivity contribution in [3.8, 4) is 0 Å². The summed E-state index contributed by atoms with van der Waals surface area (Å²) >= 11 is 0. The van der Waals surface area contributed by atoms with Gasteiger partial charge >= 0.3 is 0 Å². The summed E-state index contributed by atoms with van der Waals surface area (Å²) in [6.07, 6.45) is 4.08. The van der Waals surface area contributed by atoms with E-state index in [-0.39, 0.29) is 42.4 Å². The standard InChI is InChI=1S/C21H26N2O4/c1-14(2)11-18(25)22-16-7-5-15(6-8-16)17(24)13-23-19(26)12-21(20(23)27)9-3-4-10-21/h5-8,14H,3-4,9-13H2,1-2H3,(H,22,25). The molecule has 1 spiro atoms. The summed E-state index contributed by atoms with van der Waals surface area (Å²) in [7, 11) is 0. The Morgan fingerprint density at radius 1 is 1.11 bits per heavy atom. The first-order chi connectivity index (χ1) is 12.8. The Morgan fingerprint density at radius 2 is 1.74 bits per heavy atom. The largest absolute Gasteiger partial charge is 0.326 e. The van der Waals surface area contributed by atoms with Gasteiger partial charge in [-0.25, -0.2) is 0 Å². The summed E-state index contributed by atoms with van der Waals surface area (Å²) in [5, 5.41) is 2.79. The Kier molecular flexibility index (Phi) is 5.44. The highest BCUT2D eigenvalue weighted by atomic mass is 16.2. The molecule has 0 unspecified atom stereocenters. The van der Waals surface area contributed by atoms with Crippen LogP contribution in [0.2, 0.25) is 0 Å². The first-order valence-corrected chi connectivity index (χ1v) is 9.59. The highest BCUT2D eigenvalue weighted by Crippen LogP contribution is 2.46. The van der Waals surface area contributed by atoms with Crippen molar-refractivity contribution in [1.82, 2.24) is 4.90 Å². The molecule has 1 saturated heterocycles. The first kappa shape index (κ1) is 19.3. The Bertz CT molecular complexity index is 761. The van der Waals surface area contributed by atoms with Crippen LogP contribution < -0.4 is 5.32 Å². The molecule has 0 bridgehead atoms. The quantitative estimate of drug-likeness (QED) is 0.616. The van der Waals surface area contributed by atoms with Crippen molar-refractivity contribution < 1.29 is 19.2 Å². The van der Waals surface area contributed by atoms with Gasteiger partial charge in [0.25, 0.3) is 0 Å². The van der Waals surface area contributed by atoms with Crippen LogP contribution in [-0.2, 0) is 14.4 Å². The van der Waals surface area contributed by atoms with Gasteiger partial charge in [0.1, 0.15) is 0 Å². The van der Waals surface area contributed by atoms with E-state index in [9.17, 15) is 19.2 Å². The molecule has 3 rings (SSSR count). The maximum Gasteiger partial charge on any atom is 0.236 e. The number of ketones is 1. The minimum Gasteiger partial charge on any atom is -0.326 e. The lowest BCUT2D eigenvalue weighted by Crippen LogP contribution is -2.38. The Balaban J connectivity index is 1.62. The van der Waals surface area contributed by atoms with Gasteiger partial charge in [0.15, 0.2) is 5.78 Å². The number of amides is 3. The molecule has 0 aromatic heterocycles. The molecule has 1 aliphatic carbocycles. The lowest BCUT2D eigenvalue weighted by molar-refractivity contribution is -0.140. The summed E-state index contributed by atoms with van der Waals surface area (Å²) in [6, 6.07) is 6.56. The minimum absolute atomic E-state index is 0.0702.